The summed E-state index contributed by atoms with van der Waals surface area (Å²) in [6, 6.07) is 0. The van der Waals surface area contributed by atoms with Gasteiger partial charge in [0.05, 0.1) is 0 Å². The maximum atomic E-state index is 2.23. The van der Waals surface area contributed by atoms with Crippen molar-refractivity contribution >= 4 is 0 Å². The number of allylic oxidation sites excluding steroid dienone is 2. The Morgan fingerprint density at radius 3 is 1.90 bits per heavy atom. The van der Waals surface area contributed by atoms with E-state index in [9.17, 15) is 0 Å². The summed E-state index contributed by atoms with van der Waals surface area (Å²) in [5.41, 5.74) is 3.06. The molecule has 0 N–H and O–H groups in total. The number of rotatable bonds is 3. The van der Waals surface area contributed by atoms with E-state index in [1.807, 2.05) is 0 Å². The molecule has 0 aliphatic carbocycles. The average molecular weight is 142 g/mol. The van der Waals surface area contributed by atoms with Gasteiger partial charge in [0.2, 0.25) is 0 Å². The molecule has 0 radical (unpaired) electrons. The monoisotopic (exact) mass is 142 g/mol. The quantitative estimate of drug-likeness (QED) is 0.519. The van der Waals surface area contributed by atoms with Crippen LogP contribution in [0, 0.1) is 0 Å². The summed E-state index contributed by atoms with van der Waals surface area (Å²) >= 11 is 0. The lowest BCUT2D eigenvalue weighted by Gasteiger charge is -2.00. The molecule has 0 spiro atoms. The Balaban J connectivity index is 0. The number of hydrogen-bond donors (Lipinski definition) is 0. The van der Waals surface area contributed by atoms with Crippen LogP contribution in [0.25, 0.3) is 0 Å². The van der Waals surface area contributed by atoms with Crippen molar-refractivity contribution in [1.82, 2.24) is 0 Å². The van der Waals surface area contributed by atoms with Crippen molar-refractivity contribution in [2.24, 2.45) is 0 Å². The maximum absolute atomic E-state index is 2.23. The summed E-state index contributed by atoms with van der Waals surface area (Å²) < 4.78 is 0. The molecule has 0 fully saturated rings. The van der Waals surface area contributed by atoms with Gasteiger partial charge in [0.25, 0.3) is 0 Å². The lowest BCUT2D eigenvalue weighted by molar-refractivity contribution is 0.780. The molecule has 0 aliphatic rings. The average Bonchev–Trinajstić information content (AvgIpc) is 1.82. The predicted octanol–water partition coefficient (Wildman–Crippen LogP) is 4.17. The largest absolute Gasteiger partial charge is 0.0776 e. The second kappa shape index (κ2) is 6.85. The fraction of sp³-hybridized carbons (Fsp3) is 0.800. The van der Waals surface area contributed by atoms with E-state index in [1.54, 1.807) is 5.57 Å². The van der Waals surface area contributed by atoms with Gasteiger partial charge in [0.15, 0.2) is 0 Å². The van der Waals surface area contributed by atoms with E-state index in [0.717, 1.165) is 0 Å². The molecule has 0 saturated carbocycles. The summed E-state index contributed by atoms with van der Waals surface area (Å²) in [5.74, 6) is 0. The molecule has 0 unspecified atom stereocenters. The first-order valence-electron chi connectivity index (χ1n) is 3.81. The van der Waals surface area contributed by atoms with Crippen LogP contribution in [0.3, 0.4) is 0 Å². The molecule has 0 aromatic rings. The zero-order valence-corrected chi connectivity index (χ0v) is 7.12. The summed E-state index contributed by atoms with van der Waals surface area (Å²) in [5, 5.41) is 0. The first-order chi connectivity index (χ1) is 4.18. The molecule has 0 amide bonds. The van der Waals surface area contributed by atoms with Crippen molar-refractivity contribution in [1.29, 1.82) is 0 Å². The highest BCUT2D eigenvalue weighted by atomic mass is 14.0. The fourth-order valence-corrected chi connectivity index (χ4v) is 0.692. The lowest BCUT2D eigenvalue weighted by Crippen LogP contribution is -1.79. The van der Waals surface area contributed by atoms with Gasteiger partial charge in [-0.25, -0.2) is 0 Å². The highest BCUT2D eigenvalue weighted by Gasteiger charge is 1.89. The minimum absolute atomic E-state index is 0. The van der Waals surface area contributed by atoms with Gasteiger partial charge >= 0.3 is 0 Å². The SMILES string of the molecule is C.CCCCC(C)=C(C)C. The third kappa shape index (κ3) is 5.87. The molecule has 10 heavy (non-hydrogen) atoms. The van der Waals surface area contributed by atoms with Gasteiger partial charge in [-0.3, -0.25) is 0 Å². The van der Waals surface area contributed by atoms with Crippen molar-refractivity contribution < 1.29 is 0 Å². The molecular weight excluding hydrogens is 120 g/mol. The van der Waals surface area contributed by atoms with Gasteiger partial charge in [-0.05, 0) is 33.6 Å². The van der Waals surface area contributed by atoms with E-state index in [1.165, 1.54) is 24.8 Å². The second-order valence-corrected chi connectivity index (χ2v) is 2.88. The molecular formula is C10H22. The van der Waals surface area contributed by atoms with Crippen LogP contribution in [0.5, 0.6) is 0 Å². The maximum Gasteiger partial charge on any atom is -0.0321 e. The minimum Gasteiger partial charge on any atom is -0.0776 e. The second-order valence-electron chi connectivity index (χ2n) is 2.88. The van der Waals surface area contributed by atoms with Gasteiger partial charge in [-0.2, -0.15) is 0 Å². The Hall–Kier alpha value is -0.260. The normalized spacial score (nSPS) is 8.40. The Morgan fingerprint density at radius 2 is 1.60 bits per heavy atom. The van der Waals surface area contributed by atoms with Crippen molar-refractivity contribution in [3.05, 3.63) is 11.1 Å². The Kier molecular flexibility index (Phi) is 8.51. The third-order valence-electron chi connectivity index (χ3n) is 1.76. The zero-order valence-electron chi connectivity index (χ0n) is 7.12. The van der Waals surface area contributed by atoms with E-state index in [-0.39, 0.29) is 7.43 Å². The van der Waals surface area contributed by atoms with Crippen LogP contribution in [0.2, 0.25) is 0 Å². The lowest BCUT2D eigenvalue weighted by atomic mass is 10.1. The third-order valence-corrected chi connectivity index (χ3v) is 1.76. The molecule has 0 heterocycles. The van der Waals surface area contributed by atoms with Gasteiger partial charge in [-0.15, -0.1) is 0 Å². The van der Waals surface area contributed by atoms with Crippen LogP contribution in [0.1, 0.15) is 54.4 Å². The zero-order chi connectivity index (χ0) is 7.28. The molecule has 0 rings (SSSR count). The Morgan fingerprint density at radius 1 is 1.10 bits per heavy atom. The highest BCUT2D eigenvalue weighted by Crippen LogP contribution is 2.10. The Labute approximate surface area is 66.3 Å². The number of hydrogen-bond acceptors (Lipinski definition) is 0. The van der Waals surface area contributed by atoms with Crippen molar-refractivity contribution in [2.45, 2.75) is 54.4 Å². The molecule has 0 atom stereocenters. The van der Waals surface area contributed by atoms with E-state index < -0.39 is 0 Å². The van der Waals surface area contributed by atoms with Crippen LogP contribution in [-0.4, -0.2) is 0 Å². The van der Waals surface area contributed by atoms with Crippen molar-refractivity contribution in [3.63, 3.8) is 0 Å². The number of unbranched alkanes of at least 4 members (excludes halogenated alkanes) is 1. The molecule has 0 nitrogen and oxygen atoms in total. The van der Waals surface area contributed by atoms with Gasteiger partial charge < -0.3 is 0 Å². The van der Waals surface area contributed by atoms with Crippen molar-refractivity contribution in [3.8, 4) is 0 Å². The van der Waals surface area contributed by atoms with Gasteiger partial charge in [0, 0.05) is 0 Å². The predicted molar refractivity (Wildman–Crippen MR) is 50.3 cm³/mol. The van der Waals surface area contributed by atoms with Gasteiger partial charge in [-0.1, -0.05) is 31.9 Å². The molecule has 0 bridgehead atoms. The molecule has 0 aromatic heterocycles. The van der Waals surface area contributed by atoms with Crippen molar-refractivity contribution in [2.75, 3.05) is 0 Å². The van der Waals surface area contributed by atoms with Gasteiger partial charge in [0.1, 0.15) is 0 Å². The topological polar surface area (TPSA) is 0 Å². The van der Waals surface area contributed by atoms with Crippen LogP contribution in [-0.2, 0) is 0 Å². The molecule has 62 valence electrons. The smallest absolute Gasteiger partial charge is 0.0321 e. The fourth-order valence-electron chi connectivity index (χ4n) is 0.692. The molecule has 0 heteroatoms. The van der Waals surface area contributed by atoms with Crippen LogP contribution < -0.4 is 0 Å². The van der Waals surface area contributed by atoms with E-state index >= 15 is 0 Å². The standard InChI is InChI=1S/C9H18.CH4/c1-5-6-7-9(4)8(2)3;/h5-7H2,1-4H3;1H4. The molecule has 0 saturated heterocycles. The molecule has 0 aliphatic heterocycles. The van der Waals surface area contributed by atoms with Crippen LogP contribution in [0.4, 0.5) is 0 Å². The first kappa shape index (κ1) is 12.4. The summed E-state index contributed by atoms with van der Waals surface area (Å²) in [6.45, 7) is 8.83. The summed E-state index contributed by atoms with van der Waals surface area (Å²) in [4.78, 5) is 0. The van der Waals surface area contributed by atoms with E-state index in [2.05, 4.69) is 27.7 Å². The highest BCUT2D eigenvalue weighted by molar-refractivity contribution is 5.05. The summed E-state index contributed by atoms with van der Waals surface area (Å²) in [7, 11) is 0. The van der Waals surface area contributed by atoms with E-state index in [4.69, 9.17) is 0 Å². The van der Waals surface area contributed by atoms with E-state index in [0.29, 0.717) is 0 Å². The van der Waals surface area contributed by atoms with Crippen LogP contribution in [0.15, 0.2) is 11.1 Å². The molecule has 0 aromatic carbocycles. The van der Waals surface area contributed by atoms with Crippen LogP contribution >= 0.6 is 0 Å². The first-order valence-corrected chi connectivity index (χ1v) is 3.81. The summed E-state index contributed by atoms with van der Waals surface area (Å²) in [6.07, 6.45) is 3.94. The Bertz CT molecular complexity index is 94.6. The minimum atomic E-state index is 0.